The Morgan fingerprint density at radius 2 is 2.08 bits per heavy atom. The molecule has 2 aromatic heterocycles. The molecule has 0 amide bonds. The molecule has 0 aliphatic carbocycles. The number of hydrogen-bond donors (Lipinski definition) is 0. The molecule has 0 saturated heterocycles. The van der Waals surface area contributed by atoms with Gasteiger partial charge in [-0.1, -0.05) is 17.3 Å². The molecule has 0 unspecified atom stereocenters. The molecule has 2 heterocycles. The first-order chi connectivity index (χ1) is 12.0. The van der Waals surface area contributed by atoms with Crippen molar-refractivity contribution in [2.75, 3.05) is 13.6 Å². The topological polar surface area (TPSA) is 55.1 Å². The lowest BCUT2D eigenvalue weighted by Crippen LogP contribution is -2.19. The van der Waals surface area contributed by atoms with Gasteiger partial charge < -0.3 is 9.42 Å². The van der Waals surface area contributed by atoms with Gasteiger partial charge in [0.25, 0.3) is 0 Å². The predicted molar refractivity (Wildman–Crippen MR) is 95.9 cm³/mol. The molecule has 3 aromatic rings. The minimum Gasteiger partial charge on any atom is -0.339 e. The van der Waals surface area contributed by atoms with Crippen molar-refractivity contribution in [3.63, 3.8) is 0 Å². The molecule has 7 heteroatoms. The van der Waals surface area contributed by atoms with E-state index < -0.39 is 0 Å². The molecule has 0 aliphatic rings. The lowest BCUT2D eigenvalue weighted by molar-refractivity contribution is 0.307. The summed E-state index contributed by atoms with van der Waals surface area (Å²) in [6.07, 6.45) is 1.60. The quantitative estimate of drug-likeness (QED) is 0.637. The van der Waals surface area contributed by atoms with Gasteiger partial charge in [0.2, 0.25) is 11.7 Å². The zero-order valence-electron chi connectivity index (χ0n) is 14.6. The lowest BCUT2D eigenvalue weighted by atomic mass is 10.1. The van der Waals surface area contributed by atoms with Gasteiger partial charge >= 0.3 is 0 Å². The van der Waals surface area contributed by atoms with Gasteiger partial charge in [0.15, 0.2) is 0 Å². The van der Waals surface area contributed by atoms with E-state index in [0.717, 1.165) is 30.2 Å². The Kier molecular flexibility index (Phi) is 5.55. The summed E-state index contributed by atoms with van der Waals surface area (Å²) in [5, 5.41) is 7.14. The molecule has 0 spiro atoms. The number of rotatable bonds is 7. The summed E-state index contributed by atoms with van der Waals surface area (Å²) < 4.78 is 18.9. The normalized spacial score (nSPS) is 11.4. The summed E-state index contributed by atoms with van der Waals surface area (Å²) in [5.41, 5.74) is 2.34. The van der Waals surface area contributed by atoms with Crippen LogP contribution < -0.4 is 0 Å². The molecule has 25 heavy (non-hydrogen) atoms. The minimum atomic E-state index is -0.261. The number of benzene rings is 1. The van der Waals surface area contributed by atoms with Crippen molar-refractivity contribution in [1.29, 1.82) is 0 Å². The van der Waals surface area contributed by atoms with E-state index in [1.165, 1.54) is 6.07 Å². The number of aryl methyl sites for hydroxylation is 3. The van der Waals surface area contributed by atoms with Crippen LogP contribution in [0.25, 0.3) is 11.4 Å². The summed E-state index contributed by atoms with van der Waals surface area (Å²) in [6, 6.07) is 4.96. The molecular weight excluding hydrogens is 339 g/mol. The van der Waals surface area contributed by atoms with Crippen LogP contribution in [0.15, 0.2) is 28.1 Å². The van der Waals surface area contributed by atoms with Gasteiger partial charge in [-0.05, 0) is 45.5 Å². The van der Waals surface area contributed by atoms with Crippen molar-refractivity contribution in [3.8, 4) is 11.4 Å². The molecule has 0 aliphatic heterocycles. The third-order valence-corrected chi connectivity index (χ3v) is 4.75. The molecule has 0 radical (unpaired) electrons. The van der Waals surface area contributed by atoms with Gasteiger partial charge in [-0.3, -0.25) is 0 Å². The van der Waals surface area contributed by atoms with E-state index in [1.807, 2.05) is 6.92 Å². The summed E-state index contributed by atoms with van der Waals surface area (Å²) in [5.74, 6) is 0.747. The number of nitrogens with zero attached hydrogens (tertiary/aromatic N) is 4. The fourth-order valence-corrected chi connectivity index (χ4v) is 3.15. The zero-order chi connectivity index (χ0) is 17.8. The Balaban J connectivity index is 1.50. The van der Waals surface area contributed by atoms with E-state index in [2.05, 4.69) is 32.5 Å². The fraction of sp³-hybridized carbons (Fsp3) is 0.389. The molecule has 132 valence electrons. The number of thiazole rings is 1. The van der Waals surface area contributed by atoms with Crippen molar-refractivity contribution in [2.24, 2.45) is 0 Å². The number of aromatic nitrogens is 3. The van der Waals surface area contributed by atoms with E-state index in [4.69, 9.17) is 4.52 Å². The highest BCUT2D eigenvalue weighted by Crippen LogP contribution is 2.19. The van der Waals surface area contributed by atoms with Gasteiger partial charge in [-0.15, -0.1) is 11.3 Å². The van der Waals surface area contributed by atoms with E-state index >= 15 is 0 Å². The second-order valence-electron chi connectivity index (χ2n) is 6.17. The Bertz CT molecular complexity index is 845. The van der Waals surface area contributed by atoms with Gasteiger partial charge in [-0.25, -0.2) is 9.37 Å². The molecule has 1 aromatic carbocycles. The van der Waals surface area contributed by atoms with Gasteiger partial charge in [0.05, 0.1) is 10.7 Å². The Morgan fingerprint density at radius 3 is 2.80 bits per heavy atom. The maximum absolute atomic E-state index is 13.6. The lowest BCUT2D eigenvalue weighted by Gasteiger charge is -2.14. The smallest absolute Gasteiger partial charge is 0.227 e. The molecule has 0 atom stereocenters. The van der Waals surface area contributed by atoms with Crippen LogP contribution in [0.2, 0.25) is 0 Å². The number of halogens is 1. The molecular formula is C18H21FN4OS. The second-order valence-corrected chi connectivity index (χ2v) is 7.24. The van der Waals surface area contributed by atoms with Gasteiger partial charge in [-0.2, -0.15) is 4.98 Å². The third kappa shape index (κ3) is 4.70. The van der Waals surface area contributed by atoms with Crippen LogP contribution in [0, 0.1) is 19.7 Å². The molecule has 0 N–H and O–H groups in total. The summed E-state index contributed by atoms with van der Waals surface area (Å²) in [4.78, 5) is 11.1. The average Bonchev–Trinajstić information content (AvgIpc) is 3.19. The van der Waals surface area contributed by atoms with Crippen molar-refractivity contribution in [3.05, 3.63) is 51.6 Å². The summed E-state index contributed by atoms with van der Waals surface area (Å²) >= 11 is 1.67. The van der Waals surface area contributed by atoms with Crippen LogP contribution in [0.3, 0.4) is 0 Å². The average molecular weight is 360 g/mol. The van der Waals surface area contributed by atoms with Crippen LogP contribution in [0.1, 0.15) is 28.6 Å². The van der Waals surface area contributed by atoms with Crippen LogP contribution in [0.4, 0.5) is 4.39 Å². The van der Waals surface area contributed by atoms with Crippen LogP contribution in [-0.4, -0.2) is 33.6 Å². The highest BCUT2D eigenvalue weighted by Gasteiger charge is 2.11. The highest BCUT2D eigenvalue weighted by atomic mass is 32.1. The zero-order valence-corrected chi connectivity index (χ0v) is 15.4. The molecule has 0 bridgehead atoms. The molecule has 5 nitrogen and oxygen atoms in total. The first kappa shape index (κ1) is 17.7. The van der Waals surface area contributed by atoms with Crippen molar-refractivity contribution in [1.82, 2.24) is 20.0 Å². The van der Waals surface area contributed by atoms with E-state index in [-0.39, 0.29) is 5.82 Å². The highest BCUT2D eigenvalue weighted by molar-refractivity contribution is 7.09. The first-order valence-electron chi connectivity index (χ1n) is 8.20. The monoisotopic (exact) mass is 360 g/mol. The van der Waals surface area contributed by atoms with E-state index in [0.29, 0.717) is 29.3 Å². The SMILES string of the molecule is Cc1nc(CN(C)CCCc2nc(-c3ccc(C)c(F)c3)no2)cs1. The van der Waals surface area contributed by atoms with Gasteiger partial charge in [0.1, 0.15) is 5.82 Å². The number of hydrogen-bond acceptors (Lipinski definition) is 6. The van der Waals surface area contributed by atoms with Crippen LogP contribution in [-0.2, 0) is 13.0 Å². The molecule has 0 fully saturated rings. The van der Waals surface area contributed by atoms with Gasteiger partial charge in [0, 0.05) is 23.9 Å². The Morgan fingerprint density at radius 1 is 1.24 bits per heavy atom. The van der Waals surface area contributed by atoms with Crippen LogP contribution in [0.5, 0.6) is 0 Å². The molecule has 3 rings (SSSR count). The maximum atomic E-state index is 13.6. The Hall–Kier alpha value is -2.12. The minimum absolute atomic E-state index is 0.261. The fourth-order valence-electron chi connectivity index (χ4n) is 2.54. The van der Waals surface area contributed by atoms with E-state index in [9.17, 15) is 4.39 Å². The van der Waals surface area contributed by atoms with Crippen LogP contribution >= 0.6 is 11.3 Å². The third-order valence-electron chi connectivity index (χ3n) is 3.93. The second kappa shape index (κ2) is 7.84. The largest absolute Gasteiger partial charge is 0.339 e. The summed E-state index contributed by atoms with van der Waals surface area (Å²) in [6.45, 7) is 5.49. The van der Waals surface area contributed by atoms with E-state index in [1.54, 1.807) is 30.4 Å². The standard InChI is InChI=1S/C18H21FN4OS/c1-12-6-7-14(9-16(12)19)18-21-17(24-22-18)5-4-8-23(3)10-15-11-25-13(2)20-15/h6-7,9,11H,4-5,8,10H2,1-3H3. The Labute approximate surface area is 150 Å². The van der Waals surface area contributed by atoms with Crippen molar-refractivity contribution in [2.45, 2.75) is 33.2 Å². The molecule has 0 saturated carbocycles. The predicted octanol–water partition coefficient (Wildman–Crippen LogP) is 4.01. The maximum Gasteiger partial charge on any atom is 0.227 e. The van der Waals surface area contributed by atoms with Crippen molar-refractivity contribution >= 4 is 11.3 Å². The first-order valence-corrected chi connectivity index (χ1v) is 9.08. The summed E-state index contributed by atoms with van der Waals surface area (Å²) in [7, 11) is 2.07. The van der Waals surface area contributed by atoms with Crippen molar-refractivity contribution < 1.29 is 8.91 Å².